The van der Waals surface area contributed by atoms with Gasteiger partial charge in [-0.25, -0.2) is 0 Å². The Hall–Kier alpha value is -1.68. The van der Waals surface area contributed by atoms with Gasteiger partial charge in [0.2, 0.25) is 0 Å². The largest absolute Gasteiger partial charge is 0.497 e. The number of halogens is 1. The van der Waals surface area contributed by atoms with Gasteiger partial charge in [-0.3, -0.25) is 0 Å². The van der Waals surface area contributed by atoms with Crippen LogP contribution in [-0.2, 0) is 6.54 Å². The van der Waals surface area contributed by atoms with Gasteiger partial charge in [-0.1, -0.05) is 15.9 Å². The SMILES string of the molecule is COc1ccc(NCc2cc(OC)ccc2Br)cc1. The summed E-state index contributed by atoms with van der Waals surface area (Å²) in [5.74, 6) is 1.71. The molecule has 0 radical (unpaired) electrons. The summed E-state index contributed by atoms with van der Waals surface area (Å²) in [5, 5.41) is 3.36. The van der Waals surface area contributed by atoms with Crippen molar-refractivity contribution < 1.29 is 9.47 Å². The third kappa shape index (κ3) is 3.64. The summed E-state index contributed by atoms with van der Waals surface area (Å²) in [7, 11) is 3.33. The Kier molecular flexibility index (Phi) is 4.68. The van der Waals surface area contributed by atoms with Crippen molar-refractivity contribution in [2.75, 3.05) is 19.5 Å². The van der Waals surface area contributed by atoms with Crippen molar-refractivity contribution in [2.24, 2.45) is 0 Å². The molecule has 0 aliphatic carbocycles. The van der Waals surface area contributed by atoms with E-state index in [9.17, 15) is 0 Å². The van der Waals surface area contributed by atoms with Crippen LogP contribution in [0.15, 0.2) is 46.9 Å². The summed E-state index contributed by atoms with van der Waals surface area (Å²) < 4.78 is 11.4. The monoisotopic (exact) mass is 321 g/mol. The molecule has 0 aliphatic rings. The van der Waals surface area contributed by atoms with E-state index in [1.807, 2.05) is 42.5 Å². The highest BCUT2D eigenvalue weighted by Crippen LogP contribution is 2.24. The highest BCUT2D eigenvalue weighted by Gasteiger charge is 2.02. The minimum Gasteiger partial charge on any atom is -0.497 e. The molecule has 2 aromatic rings. The molecule has 0 aromatic heterocycles. The van der Waals surface area contributed by atoms with Crippen molar-refractivity contribution in [2.45, 2.75) is 6.54 Å². The molecule has 0 unspecified atom stereocenters. The summed E-state index contributed by atoms with van der Waals surface area (Å²) in [6.07, 6.45) is 0. The van der Waals surface area contributed by atoms with Crippen molar-refractivity contribution >= 4 is 21.6 Å². The minimum atomic E-state index is 0.726. The molecule has 0 saturated carbocycles. The highest BCUT2D eigenvalue weighted by molar-refractivity contribution is 9.10. The Morgan fingerprint density at radius 1 is 0.947 bits per heavy atom. The maximum atomic E-state index is 5.23. The molecule has 0 bridgehead atoms. The van der Waals surface area contributed by atoms with Crippen LogP contribution in [0.5, 0.6) is 11.5 Å². The predicted molar refractivity (Wildman–Crippen MR) is 81.0 cm³/mol. The quantitative estimate of drug-likeness (QED) is 0.900. The van der Waals surface area contributed by atoms with Crippen LogP contribution in [-0.4, -0.2) is 14.2 Å². The van der Waals surface area contributed by atoms with Gasteiger partial charge in [-0.05, 0) is 48.0 Å². The summed E-state index contributed by atoms with van der Waals surface area (Å²) in [6, 6.07) is 13.8. The lowest BCUT2D eigenvalue weighted by atomic mass is 10.2. The standard InChI is InChI=1S/C15H16BrNO2/c1-18-13-5-3-12(4-6-13)17-10-11-9-14(19-2)7-8-15(11)16/h3-9,17H,10H2,1-2H3. The first-order valence-electron chi connectivity index (χ1n) is 5.93. The third-order valence-electron chi connectivity index (χ3n) is 2.83. The lowest BCUT2D eigenvalue weighted by Gasteiger charge is -2.10. The number of anilines is 1. The Morgan fingerprint density at radius 2 is 1.58 bits per heavy atom. The molecule has 0 saturated heterocycles. The second-order valence-corrected chi connectivity index (χ2v) is 4.89. The van der Waals surface area contributed by atoms with E-state index in [4.69, 9.17) is 9.47 Å². The van der Waals surface area contributed by atoms with E-state index in [0.717, 1.165) is 33.8 Å². The molecule has 3 nitrogen and oxygen atoms in total. The maximum Gasteiger partial charge on any atom is 0.119 e. The van der Waals surface area contributed by atoms with E-state index >= 15 is 0 Å². The molecule has 0 atom stereocenters. The molecule has 1 N–H and O–H groups in total. The number of ether oxygens (including phenoxy) is 2. The zero-order valence-electron chi connectivity index (χ0n) is 10.9. The Balaban J connectivity index is 2.05. The third-order valence-corrected chi connectivity index (χ3v) is 3.60. The van der Waals surface area contributed by atoms with E-state index in [1.54, 1.807) is 14.2 Å². The van der Waals surface area contributed by atoms with E-state index in [2.05, 4.69) is 21.2 Å². The predicted octanol–water partition coefficient (Wildman–Crippen LogP) is 4.08. The molecule has 2 rings (SSSR count). The summed E-state index contributed by atoms with van der Waals surface area (Å²) >= 11 is 3.54. The fourth-order valence-electron chi connectivity index (χ4n) is 1.72. The average Bonchev–Trinajstić information content (AvgIpc) is 2.47. The number of hydrogen-bond acceptors (Lipinski definition) is 3. The first-order valence-corrected chi connectivity index (χ1v) is 6.72. The molecule has 0 heterocycles. The van der Waals surface area contributed by atoms with Gasteiger partial charge < -0.3 is 14.8 Å². The molecule has 0 fully saturated rings. The lowest BCUT2D eigenvalue weighted by Crippen LogP contribution is -2.00. The smallest absolute Gasteiger partial charge is 0.119 e. The Morgan fingerprint density at radius 3 is 2.21 bits per heavy atom. The van der Waals surface area contributed by atoms with E-state index in [1.165, 1.54) is 0 Å². The first kappa shape index (κ1) is 13.7. The number of nitrogens with one attached hydrogen (secondary N) is 1. The lowest BCUT2D eigenvalue weighted by molar-refractivity contribution is 0.414. The first-order chi connectivity index (χ1) is 9.22. The normalized spacial score (nSPS) is 10.1. The number of benzene rings is 2. The molecular weight excluding hydrogens is 306 g/mol. The number of methoxy groups -OCH3 is 2. The van der Waals surface area contributed by atoms with Crippen LogP contribution in [0.1, 0.15) is 5.56 Å². The van der Waals surface area contributed by atoms with E-state index in [0.29, 0.717) is 0 Å². The molecule has 0 spiro atoms. The van der Waals surface area contributed by atoms with Gasteiger partial charge in [0, 0.05) is 16.7 Å². The van der Waals surface area contributed by atoms with Crippen LogP contribution in [0.25, 0.3) is 0 Å². The fraction of sp³-hybridized carbons (Fsp3) is 0.200. The zero-order valence-corrected chi connectivity index (χ0v) is 12.5. The summed E-state index contributed by atoms with van der Waals surface area (Å²) in [4.78, 5) is 0. The number of hydrogen-bond donors (Lipinski definition) is 1. The molecule has 19 heavy (non-hydrogen) atoms. The second-order valence-electron chi connectivity index (χ2n) is 4.04. The topological polar surface area (TPSA) is 30.5 Å². The maximum absolute atomic E-state index is 5.23. The van der Waals surface area contributed by atoms with Gasteiger partial charge in [0.25, 0.3) is 0 Å². The summed E-state index contributed by atoms with van der Waals surface area (Å²) in [6.45, 7) is 0.726. The fourth-order valence-corrected chi connectivity index (χ4v) is 2.11. The second kappa shape index (κ2) is 6.48. The van der Waals surface area contributed by atoms with Crippen molar-refractivity contribution in [3.8, 4) is 11.5 Å². The van der Waals surface area contributed by atoms with Crippen molar-refractivity contribution in [1.29, 1.82) is 0 Å². The van der Waals surface area contributed by atoms with Crippen molar-refractivity contribution in [3.05, 3.63) is 52.5 Å². The Bertz CT molecular complexity index is 540. The van der Waals surface area contributed by atoms with Gasteiger partial charge in [-0.2, -0.15) is 0 Å². The minimum absolute atomic E-state index is 0.726. The highest BCUT2D eigenvalue weighted by atomic mass is 79.9. The Labute approximate surface area is 121 Å². The molecule has 100 valence electrons. The van der Waals surface area contributed by atoms with Crippen LogP contribution in [0, 0.1) is 0 Å². The van der Waals surface area contributed by atoms with Crippen molar-refractivity contribution in [1.82, 2.24) is 0 Å². The van der Waals surface area contributed by atoms with Crippen LogP contribution in [0.2, 0.25) is 0 Å². The van der Waals surface area contributed by atoms with Crippen molar-refractivity contribution in [3.63, 3.8) is 0 Å². The van der Waals surface area contributed by atoms with Gasteiger partial charge in [-0.15, -0.1) is 0 Å². The van der Waals surface area contributed by atoms with E-state index in [-0.39, 0.29) is 0 Å². The van der Waals surface area contributed by atoms with Gasteiger partial charge in [0.1, 0.15) is 11.5 Å². The molecule has 2 aromatic carbocycles. The molecular formula is C15H16BrNO2. The average molecular weight is 322 g/mol. The van der Waals surface area contributed by atoms with Crippen LogP contribution >= 0.6 is 15.9 Å². The zero-order chi connectivity index (χ0) is 13.7. The van der Waals surface area contributed by atoms with Crippen LogP contribution in [0.3, 0.4) is 0 Å². The van der Waals surface area contributed by atoms with Gasteiger partial charge >= 0.3 is 0 Å². The molecule has 4 heteroatoms. The van der Waals surface area contributed by atoms with Gasteiger partial charge in [0.15, 0.2) is 0 Å². The molecule has 0 aliphatic heterocycles. The molecule has 0 amide bonds. The van der Waals surface area contributed by atoms with Crippen LogP contribution < -0.4 is 14.8 Å². The van der Waals surface area contributed by atoms with Gasteiger partial charge in [0.05, 0.1) is 14.2 Å². The van der Waals surface area contributed by atoms with Crippen LogP contribution in [0.4, 0.5) is 5.69 Å². The van der Waals surface area contributed by atoms with E-state index < -0.39 is 0 Å². The number of rotatable bonds is 5. The summed E-state index contributed by atoms with van der Waals surface area (Å²) in [5.41, 5.74) is 2.20.